The summed E-state index contributed by atoms with van der Waals surface area (Å²) in [6.07, 6.45) is -5.17. The molecule has 0 amide bonds. The maximum Gasteiger partial charge on any atom is 0.591 e. The SMILES string of the molecule is Cc1cc([N+](=O)[O-])c2nc(-c3cc(F)cc(F)c3)n(OC(F)(F)F)c2c1. The predicted molar refractivity (Wildman–Crippen MR) is 79.1 cm³/mol. The summed E-state index contributed by atoms with van der Waals surface area (Å²) in [5, 5.41) is 11.2. The number of imidazole rings is 1. The van der Waals surface area contributed by atoms with E-state index >= 15 is 0 Å². The van der Waals surface area contributed by atoms with Gasteiger partial charge < -0.3 is 4.84 Å². The van der Waals surface area contributed by atoms with Crippen LogP contribution in [0.2, 0.25) is 0 Å². The van der Waals surface area contributed by atoms with Crippen molar-refractivity contribution in [3.8, 4) is 11.4 Å². The van der Waals surface area contributed by atoms with Crippen molar-refractivity contribution in [3.05, 3.63) is 57.6 Å². The third-order valence-corrected chi connectivity index (χ3v) is 3.36. The lowest BCUT2D eigenvalue weighted by Gasteiger charge is -2.12. The summed E-state index contributed by atoms with van der Waals surface area (Å²) in [4.78, 5) is 18.0. The minimum absolute atomic E-state index is 0.170. The monoisotopic (exact) mass is 373 g/mol. The van der Waals surface area contributed by atoms with E-state index in [0.29, 0.717) is 6.07 Å². The average molecular weight is 373 g/mol. The summed E-state index contributed by atoms with van der Waals surface area (Å²) in [5.41, 5.74) is -1.45. The van der Waals surface area contributed by atoms with Crippen molar-refractivity contribution in [2.24, 2.45) is 0 Å². The molecule has 0 aliphatic heterocycles. The molecule has 0 saturated heterocycles. The second-order valence-electron chi connectivity index (χ2n) is 5.33. The van der Waals surface area contributed by atoms with Gasteiger partial charge in [-0.1, -0.05) is 0 Å². The molecule has 0 fully saturated rings. The predicted octanol–water partition coefficient (Wildman–Crippen LogP) is 4.15. The van der Waals surface area contributed by atoms with Gasteiger partial charge in [-0.25, -0.2) is 13.8 Å². The van der Waals surface area contributed by atoms with E-state index in [9.17, 15) is 32.1 Å². The number of non-ortho nitro benzene ring substituents is 1. The molecule has 3 rings (SSSR count). The minimum atomic E-state index is -5.17. The highest BCUT2D eigenvalue weighted by atomic mass is 19.4. The lowest BCUT2D eigenvalue weighted by Crippen LogP contribution is -2.27. The first-order chi connectivity index (χ1) is 12.0. The molecule has 1 heterocycles. The number of halogens is 5. The summed E-state index contributed by atoms with van der Waals surface area (Å²) in [6, 6.07) is 4.29. The molecule has 0 spiro atoms. The average Bonchev–Trinajstić information content (AvgIpc) is 2.82. The topological polar surface area (TPSA) is 70.2 Å². The Kier molecular flexibility index (Phi) is 4.01. The lowest BCUT2D eigenvalue weighted by atomic mass is 10.2. The normalized spacial score (nSPS) is 11.8. The van der Waals surface area contributed by atoms with Crippen LogP contribution in [0.5, 0.6) is 0 Å². The molecule has 0 saturated carbocycles. The number of nitro groups is 1. The highest BCUT2D eigenvalue weighted by molar-refractivity contribution is 5.88. The molecule has 136 valence electrons. The van der Waals surface area contributed by atoms with Crippen molar-refractivity contribution in [1.29, 1.82) is 0 Å². The Morgan fingerprint density at radius 2 is 1.73 bits per heavy atom. The van der Waals surface area contributed by atoms with Crippen molar-refractivity contribution >= 4 is 16.7 Å². The summed E-state index contributed by atoms with van der Waals surface area (Å²) >= 11 is 0. The molecule has 0 aliphatic carbocycles. The number of rotatable bonds is 3. The molecule has 0 bridgehead atoms. The fourth-order valence-corrected chi connectivity index (χ4v) is 2.48. The largest absolute Gasteiger partial charge is 0.591 e. The number of nitrogens with zero attached hydrogens (tertiary/aromatic N) is 3. The summed E-state index contributed by atoms with van der Waals surface area (Å²) in [5.74, 6) is -2.75. The van der Waals surface area contributed by atoms with E-state index in [1.807, 2.05) is 0 Å². The van der Waals surface area contributed by atoms with Gasteiger partial charge in [-0.05, 0) is 30.7 Å². The molecule has 0 atom stereocenters. The Morgan fingerprint density at radius 3 is 2.27 bits per heavy atom. The van der Waals surface area contributed by atoms with Crippen molar-refractivity contribution in [1.82, 2.24) is 9.71 Å². The highest BCUT2D eigenvalue weighted by Gasteiger charge is 2.35. The zero-order valence-corrected chi connectivity index (χ0v) is 12.8. The molecule has 0 aliphatic rings. The summed E-state index contributed by atoms with van der Waals surface area (Å²) in [7, 11) is 0. The van der Waals surface area contributed by atoms with E-state index in [2.05, 4.69) is 9.82 Å². The molecule has 0 radical (unpaired) electrons. The maximum atomic E-state index is 13.5. The Bertz CT molecular complexity index is 1010. The number of hydrogen-bond donors (Lipinski definition) is 0. The fraction of sp³-hybridized carbons (Fsp3) is 0.133. The zero-order valence-electron chi connectivity index (χ0n) is 12.8. The molecule has 0 N–H and O–H groups in total. The zero-order chi connectivity index (χ0) is 19.2. The lowest BCUT2D eigenvalue weighted by molar-refractivity contribution is -0.383. The van der Waals surface area contributed by atoms with E-state index in [-0.39, 0.29) is 21.4 Å². The smallest absolute Gasteiger partial charge is 0.311 e. The van der Waals surface area contributed by atoms with E-state index in [1.54, 1.807) is 0 Å². The molecule has 26 heavy (non-hydrogen) atoms. The second-order valence-corrected chi connectivity index (χ2v) is 5.33. The highest BCUT2D eigenvalue weighted by Crippen LogP contribution is 2.33. The Hall–Kier alpha value is -3.24. The van der Waals surface area contributed by atoms with Gasteiger partial charge in [0.2, 0.25) is 0 Å². The molecule has 1 aromatic heterocycles. The molecular formula is C15H8F5N3O3. The number of fused-ring (bicyclic) bond motifs is 1. The van der Waals surface area contributed by atoms with Gasteiger partial charge in [0.1, 0.15) is 17.2 Å². The molecule has 11 heteroatoms. The van der Waals surface area contributed by atoms with Crippen LogP contribution in [-0.4, -0.2) is 21.0 Å². The standard InChI is InChI=1S/C15H8F5N3O3/c1-7-2-11-13(12(3-7)23(24)25)21-14(22(11)26-15(18,19)20)8-4-9(16)6-10(17)5-8/h2-6H,1H3. The Labute approximate surface area is 141 Å². The van der Waals surface area contributed by atoms with Gasteiger partial charge in [-0.15, -0.1) is 13.2 Å². The van der Waals surface area contributed by atoms with Gasteiger partial charge in [-0.2, -0.15) is 4.73 Å². The van der Waals surface area contributed by atoms with Crippen LogP contribution in [0.15, 0.2) is 30.3 Å². The van der Waals surface area contributed by atoms with E-state index in [1.165, 1.54) is 13.0 Å². The maximum absolute atomic E-state index is 13.5. The van der Waals surface area contributed by atoms with Crippen LogP contribution in [0.4, 0.5) is 27.6 Å². The summed E-state index contributed by atoms with van der Waals surface area (Å²) < 4.78 is 65.5. The van der Waals surface area contributed by atoms with Crippen molar-refractivity contribution in [3.63, 3.8) is 0 Å². The number of alkyl halides is 3. The number of hydrogen-bond acceptors (Lipinski definition) is 4. The Balaban J connectivity index is 2.39. The van der Waals surface area contributed by atoms with Gasteiger partial charge in [0, 0.05) is 17.7 Å². The number of aromatic nitrogens is 2. The molecule has 6 nitrogen and oxygen atoms in total. The molecular weight excluding hydrogens is 365 g/mol. The van der Waals surface area contributed by atoms with Crippen LogP contribution in [0.25, 0.3) is 22.4 Å². The molecule has 3 aromatic rings. The first kappa shape index (κ1) is 17.6. The third kappa shape index (κ3) is 3.27. The first-order valence-electron chi connectivity index (χ1n) is 6.95. The van der Waals surface area contributed by atoms with Crippen LogP contribution < -0.4 is 4.84 Å². The van der Waals surface area contributed by atoms with Crippen LogP contribution in [0.1, 0.15) is 5.56 Å². The molecule has 0 unspecified atom stereocenters. The van der Waals surface area contributed by atoms with E-state index in [0.717, 1.165) is 18.2 Å². The number of benzene rings is 2. The Morgan fingerprint density at radius 1 is 1.12 bits per heavy atom. The fourth-order valence-electron chi connectivity index (χ4n) is 2.48. The van der Waals surface area contributed by atoms with Crippen molar-refractivity contribution in [2.75, 3.05) is 0 Å². The number of aryl methyl sites for hydroxylation is 1. The van der Waals surface area contributed by atoms with Crippen LogP contribution in [0.3, 0.4) is 0 Å². The van der Waals surface area contributed by atoms with E-state index < -0.39 is 39.9 Å². The van der Waals surface area contributed by atoms with Gasteiger partial charge in [0.25, 0.3) is 5.69 Å². The van der Waals surface area contributed by atoms with Gasteiger partial charge in [0.05, 0.1) is 4.92 Å². The van der Waals surface area contributed by atoms with Crippen LogP contribution in [-0.2, 0) is 0 Å². The van der Waals surface area contributed by atoms with Gasteiger partial charge >= 0.3 is 6.36 Å². The minimum Gasteiger partial charge on any atom is -0.311 e. The first-order valence-corrected chi connectivity index (χ1v) is 6.95. The van der Waals surface area contributed by atoms with E-state index in [4.69, 9.17) is 0 Å². The number of nitro benzene ring substituents is 1. The quantitative estimate of drug-likeness (QED) is 0.393. The molecule has 2 aromatic carbocycles. The van der Waals surface area contributed by atoms with Gasteiger partial charge in [-0.3, -0.25) is 10.1 Å². The van der Waals surface area contributed by atoms with Crippen LogP contribution in [0, 0.1) is 28.7 Å². The third-order valence-electron chi connectivity index (χ3n) is 3.36. The van der Waals surface area contributed by atoms with Crippen molar-refractivity contribution < 1.29 is 31.7 Å². The van der Waals surface area contributed by atoms with Crippen LogP contribution >= 0.6 is 0 Å². The van der Waals surface area contributed by atoms with Gasteiger partial charge in [0.15, 0.2) is 11.3 Å². The van der Waals surface area contributed by atoms with Crippen molar-refractivity contribution in [2.45, 2.75) is 13.3 Å². The summed E-state index contributed by atoms with van der Waals surface area (Å²) in [6.45, 7) is 1.43. The second kappa shape index (κ2) is 5.93.